The van der Waals surface area contributed by atoms with Gasteiger partial charge in [0.2, 0.25) is 0 Å². The van der Waals surface area contributed by atoms with E-state index in [-0.39, 0.29) is 5.78 Å². The van der Waals surface area contributed by atoms with Gasteiger partial charge in [-0.15, -0.1) is 11.3 Å². The van der Waals surface area contributed by atoms with Gasteiger partial charge in [-0.2, -0.15) is 0 Å². The van der Waals surface area contributed by atoms with Crippen molar-refractivity contribution >= 4 is 34.4 Å². The Morgan fingerprint density at radius 3 is 2.74 bits per heavy atom. The fourth-order valence-electron chi connectivity index (χ4n) is 1.89. The Labute approximate surface area is 122 Å². The number of likely N-dealkylation sites (N-methyl/N-ethyl adjacent to an activating group) is 1. The second-order valence-corrected chi connectivity index (χ2v) is 5.91. The van der Waals surface area contributed by atoms with Crippen molar-refractivity contribution in [2.24, 2.45) is 0 Å². The van der Waals surface area contributed by atoms with E-state index in [9.17, 15) is 4.79 Å². The minimum absolute atomic E-state index is 0.0367. The van der Waals surface area contributed by atoms with Crippen LogP contribution in [0.25, 0.3) is 0 Å². The standard InChI is InChI=1S/C15H16ClNOS/c1-11(18)12-5-6-15(14(16)10-12)17(2)8-7-13-4-3-9-19-13/h3-6,9-10H,7-8H2,1-2H3. The minimum atomic E-state index is 0.0367. The van der Waals surface area contributed by atoms with Crippen LogP contribution in [0.4, 0.5) is 5.69 Å². The average Bonchev–Trinajstić information content (AvgIpc) is 2.88. The Morgan fingerprint density at radius 1 is 1.37 bits per heavy atom. The van der Waals surface area contributed by atoms with Crippen LogP contribution in [0.2, 0.25) is 5.02 Å². The zero-order chi connectivity index (χ0) is 13.8. The lowest BCUT2D eigenvalue weighted by atomic mass is 10.1. The van der Waals surface area contributed by atoms with E-state index in [0.717, 1.165) is 18.7 Å². The quantitative estimate of drug-likeness (QED) is 0.767. The third-order valence-electron chi connectivity index (χ3n) is 3.04. The third kappa shape index (κ3) is 3.58. The highest BCUT2D eigenvalue weighted by Gasteiger charge is 2.09. The summed E-state index contributed by atoms with van der Waals surface area (Å²) < 4.78 is 0. The second-order valence-electron chi connectivity index (χ2n) is 4.47. The van der Waals surface area contributed by atoms with E-state index in [1.807, 2.05) is 19.2 Å². The van der Waals surface area contributed by atoms with Crippen molar-refractivity contribution in [2.75, 3.05) is 18.5 Å². The number of benzene rings is 1. The van der Waals surface area contributed by atoms with E-state index in [0.29, 0.717) is 10.6 Å². The fraction of sp³-hybridized carbons (Fsp3) is 0.267. The predicted octanol–water partition coefficient (Wildman–Crippen LogP) is 4.28. The number of carbonyl (C=O) groups is 1. The van der Waals surface area contributed by atoms with Gasteiger partial charge in [0.15, 0.2) is 5.78 Å². The molecule has 1 aromatic heterocycles. The summed E-state index contributed by atoms with van der Waals surface area (Å²) >= 11 is 8.00. The molecule has 2 rings (SSSR count). The SMILES string of the molecule is CC(=O)c1ccc(N(C)CCc2cccs2)c(Cl)c1. The van der Waals surface area contributed by atoms with Crippen LogP contribution >= 0.6 is 22.9 Å². The van der Waals surface area contributed by atoms with Crippen LogP contribution in [-0.2, 0) is 6.42 Å². The first-order valence-electron chi connectivity index (χ1n) is 6.12. The molecule has 19 heavy (non-hydrogen) atoms. The summed E-state index contributed by atoms with van der Waals surface area (Å²) in [5.41, 5.74) is 1.61. The van der Waals surface area contributed by atoms with Crippen LogP contribution in [0.5, 0.6) is 0 Å². The molecule has 0 bridgehead atoms. The number of hydrogen-bond acceptors (Lipinski definition) is 3. The number of carbonyl (C=O) groups excluding carboxylic acids is 1. The summed E-state index contributed by atoms with van der Waals surface area (Å²) in [6, 6.07) is 9.67. The van der Waals surface area contributed by atoms with Gasteiger partial charge in [-0.1, -0.05) is 17.7 Å². The number of ketones is 1. The van der Waals surface area contributed by atoms with Crippen molar-refractivity contribution in [2.45, 2.75) is 13.3 Å². The van der Waals surface area contributed by atoms with Crippen LogP contribution in [0.3, 0.4) is 0 Å². The van der Waals surface area contributed by atoms with Crippen LogP contribution in [-0.4, -0.2) is 19.4 Å². The van der Waals surface area contributed by atoms with E-state index in [1.54, 1.807) is 24.3 Å². The fourth-order valence-corrected chi connectivity index (χ4v) is 2.91. The van der Waals surface area contributed by atoms with Crippen molar-refractivity contribution in [1.29, 1.82) is 0 Å². The van der Waals surface area contributed by atoms with Crippen molar-refractivity contribution in [1.82, 2.24) is 0 Å². The Hall–Kier alpha value is -1.32. The molecule has 0 aliphatic rings. The topological polar surface area (TPSA) is 20.3 Å². The molecule has 0 atom stereocenters. The summed E-state index contributed by atoms with van der Waals surface area (Å²) in [4.78, 5) is 14.8. The average molecular weight is 294 g/mol. The van der Waals surface area contributed by atoms with Crippen LogP contribution in [0.1, 0.15) is 22.2 Å². The number of anilines is 1. The maximum absolute atomic E-state index is 11.3. The number of rotatable bonds is 5. The first kappa shape index (κ1) is 14.1. The van der Waals surface area contributed by atoms with Gasteiger partial charge < -0.3 is 4.90 Å². The minimum Gasteiger partial charge on any atom is -0.373 e. The van der Waals surface area contributed by atoms with Crippen LogP contribution in [0, 0.1) is 0 Å². The van der Waals surface area contributed by atoms with Gasteiger partial charge in [-0.25, -0.2) is 0 Å². The maximum Gasteiger partial charge on any atom is 0.159 e. The van der Waals surface area contributed by atoms with Crippen LogP contribution < -0.4 is 4.90 Å². The Balaban J connectivity index is 2.06. The second kappa shape index (κ2) is 6.22. The molecule has 0 aliphatic heterocycles. The van der Waals surface area contributed by atoms with Crippen LogP contribution in [0.15, 0.2) is 35.7 Å². The molecule has 2 aromatic rings. The predicted molar refractivity (Wildman–Crippen MR) is 82.7 cm³/mol. The summed E-state index contributed by atoms with van der Waals surface area (Å²) in [7, 11) is 2.02. The molecule has 0 aliphatic carbocycles. The lowest BCUT2D eigenvalue weighted by Crippen LogP contribution is -2.20. The van der Waals surface area contributed by atoms with Gasteiger partial charge >= 0.3 is 0 Å². The van der Waals surface area contributed by atoms with Gasteiger partial charge in [0.25, 0.3) is 0 Å². The highest BCUT2D eigenvalue weighted by Crippen LogP contribution is 2.26. The number of Topliss-reactive ketones (excluding diaryl/α,β-unsaturated/α-hetero) is 1. The lowest BCUT2D eigenvalue weighted by molar-refractivity contribution is 0.101. The van der Waals surface area contributed by atoms with Gasteiger partial charge in [-0.3, -0.25) is 4.79 Å². The number of hydrogen-bond donors (Lipinski definition) is 0. The maximum atomic E-state index is 11.3. The smallest absolute Gasteiger partial charge is 0.159 e. The molecule has 4 heteroatoms. The zero-order valence-corrected chi connectivity index (χ0v) is 12.6. The zero-order valence-electron chi connectivity index (χ0n) is 11.0. The molecule has 2 nitrogen and oxygen atoms in total. The van der Waals surface area contributed by atoms with E-state index < -0.39 is 0 Å². The van der Waals surface area contributed by atoms with E-state index in [2.05, 4.69) is 22.4 Å². The van der Waals surface area contributed by atoms with E-state index in [4.69, 9.17) is 11.6 Å². The van der Waals surface area contributed by atoms with Gasteiger partial charge in [0.05, 0.1) is 10.7 Å². The normalized spacial score (nSPS) is 10.5. The highest BCUT2D eigenvalue weighted by atomic mass is 35.5. The molecule has 1 heterocycles. The summed E-state index contributed by atoms with van der Waals surface area (Å²) in [5.74, 6) is 0.0367. The molecule has 1 aromatic carbocycles. The molecule has 0 amide bonds. The molecule has 0 radical (unpaired) electrons. The molecule has 0 saturated carbocycles. The number of nitrogens with zero attached hydrogens (tertiary/aromatic N) is 1. The summed E-state index contributed by atoms with van der Waals surface area (Å²) in [5, 5.41) is 2.71. The molecular weight excluding hydrogens is 278 g/mol. The summed E-state index contributed by atoms with van der Waals surface area (Å²) in [6.07, 6.45) is 0.999. The third-order valence-corrected chi connectivity index (χ3v) is 4.28. The molecule has 0 saturated heterocycles. The van der Waals surface area contributed by atoms with Crippen molar-refractivity contribution in [3.05, 3.63) is 51.2 Å². The molecule has 100 valence electrons. The molecule has 0 fully saturated rings. The Kier molecular flexibility index (Phi) is 4.61. The van der Waals surface area contributed by atoms with Crippen molar-refractivity contribution < 1.29 is 4.79 Å². The first-order valence-corrected chi connectivity index (χ1v) is 7.37. The lowest BCUT2D eigenvalue weighted by Gasteiger charge is -2.20. The molecular formula is C15H16ClNOS. The van der Waals surface area contributed by atoms with E-state index >= 15 is 0 Å². The molecule has 0 N–H and O–H groups in total. The largest absolute Gasteiger partial charge is 0.373 e. The van der Waals surface area contributed by atoms with Crippen molar-refractivity contribution in [3.63, 3.8) is 0 Å². The van der Waals surface area contributed by atoms with E-state index in [1.165, 1.54) is 4.88 Å². The summed E-state index contributed by atoms with van der Waals surface area (Å²) in [6.45, 7) is 2.45. The number of thiophene rings is 1. The van der Waals surface area contributed by atoms with Gasteiger partial charge in [0, 0.05) is 24.0 Å². The molecule has 0 spiro atoms. The van der Waals surface area contributed by atoms with Gasteiger partial charge in [0.1, 0.15) is 0 Å². The molecule has 0 unspecified atom stereocenters. The Bertz CT molecular complexity index is 566. The van der Waals surface area contributed by atoms with Crippen molar-refractivity contribution in [3.8, 4) is 0 Å². The number of halogens is 1. The monoisotopic (exact) mass is 293 g/mol. The Morgan fingerprint density at radius 2 is 2.16 bits per heavy atom. The highest BCUT2D eigenvalue weighted by molar-refractivity contribution is 7.09. The first-order chi connectivity index (χ1) is 9.08. The van der Waals surface area contributed by atoms with Gasteiger partial charge in [-0.05, 0) is 43.0 Å².